The second-order valence-electron chi connectivity index (χ2n) is 6.37. The number of pyridine rings is 1. The van der Waals surface area contributed by atoms with Crippen LogP contribution in [0.1, 0.15) is 18.5 Å². The van der Waals surface area contributed by atoms with Gasteiger partial charge in [0.2, 0.25) is 0 Å². The molecule has 2 heterocycles. The first-order chi connectivity index (χ1) is 12.8. The molecule has 0 saturated heterocycles. The Morgan fingerprint density at radius 3 is 2.59 bits per heavy atom. The van der Waals surface area contributed by atoms with Crippen LogP contribution < -0.4 is 5.73 Å². The highest BCUT2D eigenvalue weighted by Gasteiger charge is 2.19. The number of imidazole rings is 1. The van der Waals surface area contributed by atoms with E-state index in [1.807, 2.05) is 37.5 Å². The molecule has 1 atom stereocenters. The number of para-hydroxylation sites is 1. The third-order valence-electron chi connectivity index (χ3n) is 4.66. The Morgan fingerprint density at radius 1 is 1.07 bits per heavy atom. The molecule has 5 nitrogen and oxygen atoms in total. The van der Waals surface area contributed by atoms with Gasteiger partial charge in [-0.15, -0.1) is 12.4 Å². The minimum Gasteiger partial charge on any atom is -0.382 e. The van der Waals surface area contributed by atoms with Crippen LogP contribution in [-0.4, -0.2) is 27.7 Å². The van der Waals surface area contributed by atoms with Gasteiger partial charge in [-0.25, -0.2) is 9.97 Å². The van der Waals surface area contributed by atoms with Gasteiger partial charge in [0.15, 0.2) is 5.82 Å². The quantitative estimate of drug-likeness (QED) is 0.536. The normalized spacial score (nSPS) is 12.2. The molecule has 0 unspecified atom stereocenters. The molecule has 0 aliphatic rings. The fourth-order valence-corrected chi connectivity index (χ4v) is 3.42. The number of ether oxygens (including phenoxy) is 1. The van der Waals surface area contributed by atoms with Gasteiger partial charge in [-0.1, -0.05) is 48.5 Å². The van der Waals surface area contributed by atoms with E-state index in [0.29, 0.717) is 19.0 Å². The maximum Gasteiger partial charge on any atom is 0.152 e. The van der Waals surface area contributed by atoms with Gasteiger partial charge in [0, 0.05) is 12.0 Å². The van der Waals surface area contributed by atoms with Crippen molar-refractivity contribution in [1.82, 2.24) is 14.5 Å². The van der Waals surface area contributed by atoms with Gasteiger partial charge in [0.1, 0.15) is 5.52 Å². The highest BCUT2D eigenvalue weighted by atomic mass is 35.5. The molecule has 0 aliphatic heterocycles. The number of aromatic nitrogens is 3. The van der Waals surface area contributed by atoms with Gasteiger partial charge in [-0.2, -0.15) is 0 Å². The molecule has 0 aliphatic carbocycles. The summed E-state index contributed by atoms with van der Waals surface area (Å²) in [6.07, 6.45) is 2.73. The highest BCUT2D eigenvalue weighted by molar-refractivity contribution is 6.06. The summed E-state index contributed by atoms with van der Waals surface area (Å²) in [5.74, 6) is 0.465. The number of rotatable bonds is 6. The Labute approximate surface area is 164 Å². The third kappa shape index (κ3) is 3.75. The lowest BCUT2D eigenvalue weighted by Crippen LogP contribution is -2.18. The topological polar surface area (TPSA) is 66.0 Å². The molecule has 0 radical (unpaired) electrons. The minimum atomic E-state index is 0. The second kappa shape index (κ2) is 8.37. The molecule has 0 spiro atoms. The van der Waals surface area contributed by atoms with E-state index in [4.69, 9.17) is 10.5 Å². The summed E-state index contributed by atoms with van der Waals surface area (Å²) in [5, 5.41) is 1.06. The fourth-order valence-electron chi connectivity index (χ4n) is 3.42. The molecule has 27 heavy (non-hydrogen) atoms. The first-order valence-corrected chi connectivity index (χ1v) is 8.90. The van der Waals surface area contributed by atoms with E-state index in [-0.39, 0.29) is 18.4 Å². The highest BCUT2D eigenvalue weighted by Crippen LogP contribution is 2.30. The molecule has 4 rings (SSSR count). The Kier molecular flexibility index (Phi) is 5.94. The summed E-state index contributed by atoms with van der Waals surface area (Å²) in [6.45, 7) is 3.32. The number of anilines is 1. The first kappa shape index (κ1) is 19.1. The van der Waals surface area contributed by atoms with Crippen molar-refractivity contribution in [3.63, 3.8) is 0 Å². The van der Waals surface area contributed by atoms with Crippen LogP contribution in [0.25, 0.3) is 21.9 Å². The van der Waals surface area contributed by atoms with Crippen LogP contribution in [0.4, 0.5) is 5.82 Å². The molecule has 4 aromatic rings. The van der Waals surface area contributed by atoms with Gasteiger partial charge < -0.3 is 15.0 Å². The summed E-state index contributed by atoms with van der Waals surface area (Å²) in [4.78, 5) is 9.05. The zero-order valence-corrected chi connectivity index (χ0v) is 16.0. The Morgan fingerprint density at radius 2 is 1.81 bits per heavy atom. The van der Waals surface area contributed by atoms with Crippen LogP contribution in [0.2, 0.25) is 0 Å². The number of hydrogen-bond acceptors (Lipinski definition) is 4. The van der Waals surface area contributed by atoms with Crippen LogP contribution >= 0.6 is 12.4 Å². The molecule has 140 valence electrons. The zero-order chi connectivity index (χ0) is 17.9. The molecule has 2 aromatic carbocycles. The van der Waals surface area contributed by atoms with Crippen LogP contribution in [0.15, 0.2) is 60.9 Å². The van der Waals surface area contributed by atoms with E-state index in [1.165, 1.54) is 5.56 Å². The molecule has 6 heteroatoms. The van der Waals surface area contributed by atoms with Crippen LogP contribution in [0.5, 0.6) is 0 Å². The average Bonchev–Trinajstić information content (AvgIpc) is 3.12. The largest absolute Gasteiger partial charge is 0.382 e. The lowest BCUT2D eigenvalue weighted by atomic mass is 10.1. The standard InChI is InChI=1S/C21H22N4O.ClH/c1-2-26-13-16(12-15-8-4-3-5-9-15)25-14-23-19-20(25)17-10-6-7-11-18(17)24-21(19)22;/h3-11,14,16H,2,12-13H2,1H3,(H2,22,24);1H/t16-;/m0./s1. The van der Waals surface area contributed by atoms with Crippen LogP contribution in [-0.2, 0) is 11.2 Å². The number of nitrogen functional groups attached to an aromatic ring is 1. The van der Waals surface area contributed by atoms with E-state index < -0.39 is 0 Å². The van der Waals surface area contributed by atoms with Crippen molar-refractivity contribution in [1.29, 1.82) is 0 Å². The first-order valence-electron chi connectivity index (χ1n) is 8.90. The number of nitrogens with two attached hydrogens (primary N) is 1. The van der Waals surface area contributed by atoms with Gasteiger partial charge >= 0.3 is 0 Å². The average molecular weight is 383 g/mol. The Balaban J connectivity index is 0.00000210. The Hall–Kier alpha value is -2.63. The van der Waals surface area contributed by atoms with Crippen LogP contribution in [0, 0.1) is 0 Å². The smallest absolute Gasteiger partial charge is 0.152 e. The van der Waals surface area contributed by atoms with E-state index in [1.54, 1.807) is 0 Å². The van der Waals surface area contributed by atoms with Gasteiger partial charge in [-0.05, 0) is 25.0 Å². The number of fused-ring (bicyclic) bond motifs is 3. The van der Waals surface area contributed by atoms with Crippen molar-refractivity contribution >= 4 is 40.2 Å². The summed E-state index contributed by atoms with van der Waals surface area (Å²) in [6, 6.07) is 18.6. The van der Waals surface area contributed by atoms with Gasteiger partial charge in [0.25, 0.3) is 0 Å². The number of benzene rings is 2. The summed E-state index contributed by atoms with van der Waals surface area (Å²) >= 11 is 0. The summed E-state index contributed by atoms with van der Waals surface area (Å²) in [5.41, 5.74) is 10.1. The molecule has 0 fully saturated rings. The summed E-state index contributed by atoms with van der Waals surface area (Å²) < 4.78 is 7.98. The Bertz CT molecular complexity index is 1030. The third-order valence-corrected chi connectivity index (χ3v) is 4.66. The van der Waals surface area contributed by atoms with Gasteiger partial charge in [0.05, 0.1) is 30.0 Å². The molecule has 0 bridgehead atoms. The van der Waals surface area contributed by atoms with Crippen molar-refractivity contribution in [3.05, 3.63) is 66.5 Å². The van der Waals surface area contributed by atoms with E-state index >= 15 is 0 Å². The molecular formula is C21H23ClN4O. The maximum absolute atomic E-state index is 6.17. The van der Waals surface area contributed by atoms with Crippen molar-refractivity contribution in [2.45, 2.75) is 19.4 Å². The lowest BCUT2D eigenvalue weighted by molar-refractivity contribution is 0.114. The number of halogens is 1. The fraction of sp³-hybridized carbons (Fsp3) is 0.238. The molecular weight excluding hydrogens is 360 g/mol. The van der Waals surface area contributed by atoms with E-state index in [0.717, 1.165) is 28.4 Å². The van der Waals surface area contributed by atoms with Crippen molar-refractivity contribution < 1.29 is 4.74 Å². The molecule has 0 saturated carbocycles. The monoisotopic (exact) mass is 382 g/mol. The van der Waals surface area contributed by atoms with Gasteiger partial charge in [-0.3, -0.25) is 0 Å². The second-order valence-corrected chi connectivity index (χ2v) is 6.37. The molecule has 2 aromatic heterocycles. The van der Waals surface area contributed by atoms with Crippen molar-refractivity contribution in [2.75, 3.05) is 18.9 Å². The van der Waals surface area contributed by atoms with Crippen LogP contribution in [0.3, 0.4) is 0 Å². The number of hydrogen-bond donors (Lipinski definition) is 1. The molecule has 2 N–H and O–H groups in total. The number of nitrogens with zero attached hydrogens (tertiary/aromatic N) is 3. The maximum atomic E-state index is 6.17. The zero-order valence-electron chi connectivity index (χ0n) is 15.2. The van der Waals surface area contributed by atoms with E-state index in [9.17, 15) is 0 Å². The lowest BCUT2D eigenvalue weighted by Gasteiger charge is -2.20. The van der Waals surface area contributed by atoms with Crippen molar-refractivity contribution in [3.8, 4) is 0 Å². The SMILES string of the molecule is CCOC[C@H](Cc1ccccc1)n1cnc2c(N)nc3ccccc3c21.Cl. The molecule has 0 amide bonds. The predicted octanol–water partition coefficient (Wildman–Crippen LogP) is 4.41. The predicted molar refractivity (Wildman–Crippen MR) is 112 cm³/mol. The summed E-state index contributed by atoms with van der Waals surface area (Å²) in [7, 11) is 0. The minimum absolute atomic E-state index is 0. The van der Waals surface area contributed by atoms with Crippen molar-refractivity contribution in [2.24, 2.45) is 0 Å². The van der Waals surface area contributed by atoms with E-state index in [2.05, 4.69) is 44.9 Å².